The molecule has 0 aliphatic carbocycles. The van der Waals surface area contributed by atoms with Gasteiger partial charge in [-0.05, 0) is 29.8 Å². The van der Waals surface area contributed by atoms with E-state index in [2.05, 4.69) is 4.98 Å². The van der Waals surface area contributed by atoms with Gasteiger partial charge in [-0.1, -0.05) is 29.3 Å². The maximum absolute atomic E-state index is 6.02. The summed E-state index contributed by atoms with van der Waals surface area (Å²) in [7, 11) is 0. The summed E-state index contributed by atoms with van der Waals surface area (Å²) < 4.78 is 5.52. The Kier molecular flexibility index (Phi) is 5.69. The number of rotatable bonds is 3. The predicted molar refractivity (Wildman–Crippen MR) is 75.9 cm³/mol. The fourth-order valence-corrected chi connectivity index (χ4v) is 1.72. The van der Waals surface area contributed by atoms with Crippen molar-refractivity contribution in [1.29, 1.82) is 0 Å². The number of aromatic nitrogens is 1. The van der Waals surface area contributed by atoms with E-state index in [1.807, 2.05) is 6.07 Å². The minimum atomic E-state index is 0. The minimum Gasteiger partial charge on any atom is -0.437 e. The summed E-state index contributed by atoms with van der Waals surface area (Å²) in [5.74, 6) is 0.929. The molecule has 1 aromatic carbocycles. The van der Waals surface area contributed by atoms with Gasteiger partial charge in [0.1, 0.15) is 10.8 Å². The number of benzene rings is 1. The van der Waals surface area contributed by atoms with E-state index < -0.39 is 0 Å². The Morgan fingerprint density at radius 3 is 2.56 bits per heavy atom. The lowest BCUT2D eigenvalue weighted by atomic mass is 10.2. The van der Waals surface area contributed by atoms with Crippen LogP contribution in [0.1, 0.15) is 5.56 Å². The Hall–Kier alpha value is -1.000. The maximum atomic E-state index is 6.02. The van der Waals surface area contributed by atoms with Crippen molar-refractivity contribution in [1.82, 2.24) is 4.98 Å². The third-order valence-corrected chi connectivity index (χ3v) is 2.82. The second kappa shape index (κ2) is 6.81. The van der Waals surface area contributed by atoms with Crippen LogP contribution in [0.25, 0.3) is 0 Å². The number of ether oxygens (including phenoxy) is 1. The quantitative estimate of drug-likeness (QED) is 0.930. The first kappa shape index (κ1) is 15.1. The Balaban J connectivity index is 0.00000162. The molecule has 0 radical (unpaired) electrons. The summed E-state index contributed by atoms with van der Waals surface area (Å²) in [6.07, 6.45) is 1.61. The summed E-state index contributed by atoms with van der Waals surface area (Å²) in [6, 6.07) is 8.72. The standard InChI is InChI=1S/C12H10Cl2N2O.ClH/c13-10-2-1-5-16-12(10)17-9-4-3-8(7-15)11(14)6-9;/h1-6H,7,15H2;1H. The van der Waals surface area contributed by atoms with Crippen molar-refractivity contribution in [3.8, 4) is 11.6 Å². The molecule has 96 valence electrons. The molecule has 0 atom stereocenters. The molecule has 2 rings (SSSR count). The van der Waals surface area contributed by atoms with Crippen LogP contribution in [0.2, 0.25) is 10.0 Å². The molecule has 0 bridgehead atoms. The highest BCUT2D eigenvalue weighted by Gasteiger charge is 2.05. The monoisotopic (exact) mass is 304 g/mol. The van der Waals surface area contributed by atoms with Crippen LogP contribution in [0.15, 0.2) is 36.5 Å². The van der Waals surface area contributed by atoms with Gasteiger partial charge in [-0.2, -0.15) is 0 Å². The number of hydrogen-bond donors (Lipinski definition) is 1. The lowest BCUT2D eigenvalue weighted by Crippen LogP contribution is -1.97. The molecule has 0 unspecified atom stereocenters. The Bertz CT molecular complexity index is 534. The van der Waals surface area contributed by atoms with E-state index in [-0.39, 0.29) is 12.4 Å². The molecule has 0 fully saturated rings. The predicted octanol–water partition coefficient (Wildman–Crippen LogP) is 4.06. The Labute approximate surface area is 121 Å². The van der Waals surface area contributed by atoms with Crippen LogP contribution in [0.4, 0.5) is 0 Å². The second-order valence-electron chi connectivity index (χ2n) is 3.35. The van der Waals surface area contributed by atoms with Gasteiger partial charge in [0.2, 0.25) is 5.88 Å². The van der Waals surface area contributed by atoms with Gasteiger partial charge in [-0.15, -0.1) is 12.4 Å². The third-order valence-electron chi connectivity index (χ3n) is 2.18. The molecule has 2 aromatic rings. The number of hydrogen-bond acceptors (Lipinski definition) is 3. The molecule has 0 saturated carbocycles. The van der Waals surface area contributed by atoms with Gasteiger partial charge in [0.05, 0.1) is 0 Å². The van der Waals surface area contributed by atoms with Crippen molar-refractivity contribution in [3.63, 3.8) is 0 Å². The lowest BCUT2D eigenvalue weighted by Gasteiger charge is -2.07. The lowest BCUT2D eigenvalue weighted by molar-refractivity contribution is 0.463. The van der Waals surface area contributed by atoms with Crippen molar-refractivity contribution < 1.29 is 4.74 Å². The normalized spacial score (nSPS) is 9.72. The molecule has 2 N–H and O–H groups in total. The first-order valence-corrected chi connectivity index (χ1v) is 5.73. The number of nitrogens with two attached hydrogens (primary N) is 1. The molecular weight excluding hydrogens is 295 g/mol. The summed E-state index contributed by atoms with van der Waals surface area (Å²) in [5.41, 5.74) is 6.39. The molecule has 0 spiro atoms. The largest absolute Gasteiger partial charge is 0.437 e. The molecule has 0 aliphatic heterocycles. The SMILES string of the molecule is Cl.NCc1ccc(Oc2ncccc2Cl)cc1Cl. The highest BCUT2D eigenvalue weighted by molar-refractivity contribution is 6.32. The van der Waals surface area contributed by atoms with Crippen LogP contribution < -0.4 is 10.5 Å². The number of pyridine rings is 1. The Morgan fingerprint density at radius 1 is 1.17 bits per heavy atom. The van der Waals surface area contributed by atoms with E-state index in [4.69, 9.17) is 33.7 Å². The Morgan fingerprint density at radius 2 is 1.94 bits per heavy atom. The smallest absolute Gasteiger partial charge is 0.238 e. The van der Waals surface area contributed by atoms with Gasteiger partial charge >= 0.3 is 0 Å². The molecule has 6 heteroatoms. The highest BCUT2D eigenvalue weighted by Crippen LogP contribution is 2.29. The fraction of sp³-hybridized carbons (Fsp3) is 0.0833. The molecule has 0 aliphatic rings. The van der Waals surface area contributed by atoms with Crippen LogP contribution >= 0.6 is 35.6 Å². The zero-order chi connectivity index (χ0) is 12.3. The van der Waals surface area contributed by atoms with Crippen LogP contribution in [0, 0.1) is 0 Å². The molecule has 0 amide bonds. The summed E-state index contributed by atoms with van der Waals surface area (Å²) in [5, 5.41) is 1.02. The van der Waals surface area contributed by atoms with E-state index in [0.717, 1.165) is 5.56 Å². The topological polar surface area (TPSA) is 48.1 Å². The number of halogens is 3. The zero-order valence-electron chi connectivity index (χ0n) is 9.27. The fourth-order valence-electron chi connectivity index (χ4n) is 1.32. The van der Waals surface area contributed by atoms with Crippen LogP contribution in [-0.2, 0) is 6.54 Å². The minimum absolute atomic E-state index is 0. The van der Waals surface area contributed by atoms with E-state index in [1.54, 1.807) is 30.5 Å². The maximum Gasteiger partial charge on any atom is 0.238 e. The van der Waals surface area contributed by atoms with Gasteiger partial charge in [-0.3, -0.25) is 0 Å². The van der Waals surface area contributed by atoms with Crippen LogP contribution in [0.5, 0.6) is 11.6 Å². The van der Waals surface area contributed by atoms with Crippen molar-refractivity contribution in [2.75, 3.05) is 0 Å². The number of nitrogens with zero attached hydrogens (tertiary/aromatic N) is 1. The molecule has 18 heavy (non-hydrogen) atoms. The van der Waals surface area contributed by atoms with Crippen molar-refractivity contribution >= 4 is 35.6 Å². The van der Waals surface area contributed by atoms with E-state index in [9.17, 15) is 0 Å². The van der Waals surface area contributed by atoms with Gasteiger partial charge in [0.25, 0.3) is 0 Å². The average molecular weight is 306 g/mol. The highest BCUT2D eigenvalue weighted by atomic mass is 35.5. The molecule has 0 saturated heterocycles. The van der Waals surface area contributed by atoms with Gasteiger partial charge in [-0.25, -0.2) is 4.98 Å². The molecule has 3 nitrogen and oxygen atoms in total. The van der Waals surface area contributed by atoms with Crippen molar-refractivity contribution in [2.45, 2.75) is 6.54 Å². The van der Waals surface area contributed by atoms with E-state index in [0.29, 0.717) is 28.2 Å². The zero-order valence-corrected chi connectivity index (χ0v) is 11.6. The van der Waals surface area contributed by atoms with Gasteiger partial charge < -0.3 is 10.5 Å². The summed E-state index contributed by atoms with van der Waals surface area (Å²) in [4.78, 5) is 4.02. The van der Waals surface area contributed by atoms with E-state index in [1.165, 1.54) is 0 Å². The first-order valence-electron chi connectivity index (χ1n) is 4.97. The van der Waals surface area contributed by atoms with Crippen molar-refractivity contribution in [2.24, 2.45) is 5.73 Å². The average Bonchev–Trinajstić information content (AvgIpc) is 2.32. The molecule has 1 aromatic heterocycles. The van der Waals surface area contributed by atoms with Crippen molar-refractivity contribution in [3.05, 3.63) is 52.1 Å². The summed E-state index contributed by atoms with van der Waals surface area (Å²) in [6.45, 7) is 0.392. The van der Waals surface area contributed by atoms with Crippen LogP contribution in [-0.4, -0.2) is 4.98 Å². The second-order valence-corrected chi connectivity index (χ2v) is 4.16. The molecular formula is C12H11Cl3N2O. The molecule has 1 heterocycles. The third kappa shape index (κ3) is 3.50. The first-order chi connectivity index (χ1) is 8.20. The van der Waals surface area contributed by atoms with E-state index >= 15 is 0 Å². The van der Waals surface area contributed by atoms with Gasteiger partial charge in [0.15, 0.2) is 0 Å². The van der Waals surface area contributed by atoms with Gasteiger partial charge in [0, 0.05) is 17.8 Å². The van der Waals surface area contributed by atoms with Crippen LogP contribution in [0.3, 0.4) is 0 Å². The summed E-state index contributed by atoms with van der Waals surface area (Å²) >= 11 is 12.0.